The third-order valence-electron chi connectivity index (χ3n) is 4.64. The summed E-state index contributed by atoms with van der Waals surface area (Å²) in [6, 6.07) is 15.3. The lowest BCUT2D eigenvalue weighted by Crippen LogP contribution is -2.34. The number of anilines is 1. The van der Waals surface area contributed by atoms with E-state index in [2.05, 4.69) is 15.6 Å². The van der Waals surface area contributed by atoms with Crippen LogP contribution in [-0.2, 0) is 0 Å². The third kappa shape index (κ3) is 4.52. The quantitative estimate of drug-likeness (QED) is 0.351. The number of nitrogens with one attached hydrogen (secondary N) is 2. The Kier molecular flexibility index (Phi) is 5.63. The molecule has 3 N–H and O–H groups in total. The van der Waals surface area contributed by atoms with Gasteiger partial charge in [0.2, 0.25) is 5.89 Å². The second-order valence-corrected chi connectivity index (χ2v) is 7.94. The Hall–Kier alpha value is -3.42. The van der Waals surface area contributed by atoms with E-state index in [9.17, 15) is 9.90 Å². The molecule has 1 aromatic heterocycles. The zero-order valence-corrected chi connectivity index (χ0v) is 18.3. The van der Waals surface area contributed by atoms with Crippen LogP contribution in [0.15, 0.2) is 59.0 Å². The van der Waals surface area contributed by atoms with Crippen LogP contribution < -0.4 is 10.6 Å². The summed E-state index contributed by atoms with van der Waals surface area (Å²) in [6.45, 7) is 3.95. The summed E-state index contributed by atoms with van der Waals surface area (Å²) < 4.78 is 5.87. The molecule has 8 heteroatoms. The number of benzene rings is 3. The number of aromatic hydroxyl groups is 1. The maximum Gasteiger partial charge on any atom is 0.257 e. The highest BCUT2D eigenvalue weighted by Gasteiger charge is 2.15. The van der Waals surface area contributed by atoms with Gasteiger partial charge in [-0.3, -0.25) is 10.1 Å². The number of aryl methyl sites for hydroxylation is 2. The van der Waals surface area contributed by atoms with Crippen LogP contribution in [0.3, 0.4) is 0 Å². The first-order valence-corrected chi connectivity index (χ1v) is 10.2. The molecular formula is C23H18ClN3O3S. The SMILES string of the molecule is Cc1cc(C)c2oc(-c3ccc(NC(=S)NC(=O)c4ccc(Cl)cc4)cc3O)nc2c1. The van der Waals surface area contributed by atoms with Crippen molar-refractivity contribution >= 4 is 51.6 Å². The number of aromatic nitrogens is 1. The number of nitrogens with zero attached hydrogens (tertiary/aromatic N) is 1. The third-order valence-corrected chi connectivity index (χ3v) is 5.10. The normalized spacial score (nSPS) is 10.8. The van der Waals surface area contributed by atoms with Gasteiger partial charge >= 0.3 is 0 Å². The summed E-state index contributed by atoms with van der Waals surface area (Å²) in [6.07, 6.45) is 0. The van der Waals surface area contributed by atoms with E-state index in [0.29, 0.717) is 33.3 Å². The molecule has 4 aromatic rings. The van der Waals surface area contributed by atoms with Gasteiger partial charge in [-0.25, -0.2) is 4.98 Å². The molecule has 4 rings (SSSR count). The molecule has 0 fully saturated rings. The van der Waals surface area contributed by atoms with Crippen LogP contribution in [0.25, 0.3) is 22.6 Å². The van der Waals surface area contributed by atoms with Crippen molar-refractivity contribution in [2.45, 2.75) is 13.8 Å². The van der Waals surface area contributed by atoms with Crippen molar-refractivity contribution in [1.82, 2.24) is 10.3 Å². The van der Waals surface area contributed by atoms with Gasteiger partial charge in [-0.1, -0.05) is 17.7 Å². The summed E-state index contributed by atoms with van der Waals surface area (Å²) >= 11 is 11.0. The van der Waals surface area contributed by atoms with E-state index in [1.807, 2.05) is 26.0 Å². The summed E-state index contributed by atoms with van der Waals surface area (Å²) in [7, 11) is 0. The lowest BCUT2D eigenvalue weighted by Gasteiger charge is -2.11. The van der Waals surface area contributed by atoms with Gasteiger partial charge in [-0.2, -0.15) is 0 Å². The summed E-state index contributed by atoms with van der Waals surface area (Å²) in [5.41, 5.74) is 4.87. The molecule has 0 atom stereocenters. The first-order chi connectivity index (χ1) is 14.8. The molecular weight excluding hydrogens is 434 g/mol. The molecule has 31 heavy (non-hydrogen) atoms. The predicted octanol–water partition coefficient (Wildman–Crippen LogP) is 5.60. The van der Waals surface area contributed by atoms with Crippen molar-refractivity contribution in [3.63, 3.8) is 0 Å². The van der Waals surface area contributed by atoms with Crippen molar-refractivity contribution < 1.29 is 14.3 Å². The van der Waals surface area contributed by atoms with Crippen molar-refractivity contribution in [2.75, 3.05) is 5.32 Å². The fraction of sp³-hybridized carbons (Fsp3) is 0.0870. The Bertz CT molecular complexity index is 1320. The summed E-state index contributed by atoms with van der Waals surface area (Å²) in [4.78, 5) is 16.7. The van der Waals surface area contributed by atoms with Gasteiger partial charge < -0.3 is 14.8 Å². The topological polar surface area (TPSA) is 87.4 Å². The standard InChI is InChI=1S/C23H18ClN3O3S/c1-12-9-13(2)20-18(10-12)26-22(30-20)17-8-7-16(11-19(17)28)25-23(31)27-21(29)14-3-5-15(24)6-4-14/h3-11,28H,1-2H3,(H2,25,27,29,31). The number of carbonyl (C=O) groups is 1. The number of oxazole rings is 1. The number of hydrogen-bond donors (Lipinski definition) is 3. The molecule has 0 aliphatic heterocycles. The van der Waals surface area contributed by atoms with E-state index in [1.165, 1.54) is 6.07 Å². The molecule has 0 unspecified atom stereocenters. The van der Waals surface area contributed by atoms with Gasteiger partial charge in [0.1, 0.15) is 11.3 Å². The molecule has 0 bridgehead atoms. The minimum atomic E-state index is -0.368. The van der Waals surface area contributed by atoms with Crippen LogP contribution in [0, 0.1) is 13.8 Å². The summed E-state index contributed by atoms with van der Waals surface area (Å²) in [5.74, 6) is -0.0729. The first kappa shape index (κ1) is 20.8. The number of thiocarbonyl (C=S) groups is 1. The van der Waals surface area contributed by atoms with Gasteiger partial charge in [0.15, 0.2) is 10.7 Å². The lowest BCUT2D eigenvalue weighted by molar-refractivity contribution is 0.0977. The highest BCUT2D eigenvalue weighted by molar-refractivity contribution is 7.80. The van der Waals surface area contributed by atoms with Crippen molar-refractivity contribution in [2.24, 2.45) is 0 Å². The number of phenolic OH excluding ortho intramolecular Hbond substituents is 1. The average molecular weight is 452 g/mol. The monoisotopic (exact) mass is 451 g/mol. The maximum atomic E-state index is 12.2. The molecule has 3 aromatic carbocycles. The van der Waals surface area contributed by atoms with Crippen LogP contribution in [0.4, 0.5) is 5.69 Å². The van der Waals surface area contributed by atoms with E-state index in [-0.39, 0.29) is 16.8 Å². The fourth-order valence-corrected chi connectivity index (χ4v) is 3.56. The predicted molar refractivity (Wildman–Crippen MR) is 126 cm³/mol. The lowest BCUT2D eigenvalue weighted by atomic mass is 10.1. The van der Waals surface area contributed by atoms with Crippen LogP contribution in [0.1, 0.15) is 21.5 Å². The number of phenols is 1. The number of hydrogen-bond acceptors (Lipinski definition) is 5. The van der Waals surface area contributed by atoms with Crippen LogP contribution in [0.5, 0.6) is 5.75 Å². The molecule has 0 spiro atoms. The highest BCUT2D eigenvalue weighted by atomic mass is 35.5. The zero-order valence-electron chi connectivity index (χ0n) is 16.7. The Morgan fingerprint density at radius 1 is 1.10 bits per heavy atom. The number of fused-ring (bicyclic) bond motifs is 1. The number of amides is 1. The molecule has 0 saturated carbocycles. The van der Waals surface area contributed by atoms with Crippen molar-refractivity contribution in [3.05, 3.63) is 76.3 Å². The van der Waals surface area contributed by atoms with Crippen LogP contribution >= 0.6 is 23.8 Å². The molecule has 0 aliphatic carbocycles. The van der Waals surface area contributed by atoms with Crippen LogP contribution in [-0.4, -0.2) is 21.1 Å². The van der Waals surface area contributed by atoms with Gasteiger partial charge in [0.05, 0.1) is 5.56 Å². The Labute approximate surface area is 188 Å². The molecule has 156 valence electrons. The molecule has 0 radical (unpaired) electrons. The maximum absolute atomic E-state index is 12.2. The molecule has 0 saturated heterocycles. The van der Waals surface area contributed by atoms with Gasteiger partial charge in [0, 0.05) is 22.3 Å². The second kappa shape index (κ2) is 8.37. The zero-order chi connectivity index (χ0) is 22.1. The summed E-state index contributed by atoms with van der Waals surface area (Å²) in [5, 5.41) is 16.6. The van der Waals surface area contributed by atoms with Gasteiger partial charge in [-0.05, 0) is 79.7 Å². The average Bonchev–Trinajstić information content (AvgIpc) is 3.12. The van der Waals surface area contributed by atoms with E-state index in [0.717, 1.165) is 16.6 Å². The second-order valence-electron chi connectivity index (χ2n) is 7.10. The van der Waals surface area contributed by atoms with E-state index < -0.39 is 0 Å². The smallest absolute Gasteiger partial charge is 0.257 e. The van der Waals surface area contributed by atoms with Crippen molar-refractivity contribution in [1.29, 1.82) is 0 Å². The largest absolute Gasteiger partial charge is 0.507 e. The van der Waals surface area contributed by atoms with Gasteiger partial charge in [0.25, 0.3) is 5.91 Å². The minimum absolute atomic E-state index is 0.0299. The fourth-order valence-electron chi connectivity index (χ4n) is 3.22. The van der Waals surface area contributed by atoms with E-state index in [4.69, 9.17) is 28.2 Å². The Morgan fingerprint density at radius 3 is 2.55 bits per heavy atom. The highest BCUT2D eigenvalue weighted by Crippen LogP contribution is 2.34. The number of rotatable bonds is 3. The molecule has 1 heterocycles. The van der Waals surface area contributed by atoms with Gasteiger partial charge in [-0.15, -0.1) is 0 Å². The molecule has 6 nitrogen and oxygen atoms in total. The van der Waals surface area contributed by atoms with Crippen molar-refractivity contribution in [3.8, 4) is 17.2 Å². The van der Waals surface area contributed by atoms with E-state index in [1.54, 1.807) is 36.4 Å². The van der Waals surface area contributed by atoms with Crippen LogP contribution in [0.2, 0.25) is 5.02 Å². The Morgan fingerprint density at radius 2 is 1.84 bits per heavy atom. The minimum Gasteiger partial charge on any atom is -0.507 e. The molecule has 1 amide bonds. The number of halogens is 1. The first-order valence-electron chi connectivity index (χ1n) is 9.39. The number of carbonyl (C=O) groups excluding carboxylic acids is 1. The Balaban J connectivity index is 1.50. The molecule has 0 aliphatic rings. The van der Waals surface area contributed by atoms with E-state index >= 15 is 0 Å².